The van der Waals surface area contributed by atoms with E-state index in [0.29, 0.717) is 16.7 Å². The second kappa shape index (κ2) is 7.67. The van der Waals surface area contributed by atoms with Crippen LogP contribution < -0.4 is 9.64 Å². The molecule has 30 heavy (non-hydrogen) atoms. The molecule has 0 spiro atoms. The molecule has 4 rings (SSSR count). The Kier molecular flexibility index (Phi) is 5.03. The Labute approximate surface area is 170 Å². The number of rotatable bonds is 4. The molecule has 1 aliphatic heterocycles. The van der Waals surface area contributed by atoms with Gasteiger partial charge in [-0.05, 0) is 53.9 Å². The predicted octanol–water partition coefficient (Wildman–Crippen LogP) is 6.29. The van der Waals surface area contributed by atoms with Gasteiger partial charge in [-0.1, -0.05) is 18.2 Å². The molecule has 0 aliphatic carbocycles. The predicted molar refractivity (Wildman–Crippen MR) is 108 cm³/mol. The fourth-order valence-electron chi connectivity index (χ4n) is 3.38. The summed E-state index contributed by atoms with van der Waals surface area (Å²) in [6.45, 7) is 1.61. The van der Waals surface area contributed by atoms with Crippen molar-refractivity contribution in [3.63, 3.8) is 0 Å². The minimum atomic E-state index is -0.990. The number of hydrogen-bond donors (Lipinski definition) is 0. The van der Waals surface area contributed by atoms with Crippen LogP contribution in [0.1, 0.15) is 5.56 Å². The molecule has 7 heteroatoms. The third kappa shape index (κ3) is 3.43. The summed E-state index contributed by atoms with van der Waals surface area (Å²) < 4.78 is 63.4. The third-order valence-electron chi connectivity index (χ3n) is 4.85. The fraction of sp³-hybridized carbons (Fsp3) is 0.0870. The van der Waals surface area contributed by atoms with Gasteiger partial charge in [0.05, 0.1) is 5.69 Å². The van der Waals surface area contributed by atoms with Crippen molar-refractivity contribution >= 4 is 17.3 Å². The Bertz CT molecular complexity index is 1200. The summed E-state index contributed by atoms with van der Waals surface area (Å²) in [4.78, 5) is 4.88. The van der Waals surface area contributed by atoms with Crippen LogP contribution in [0.4, 0.5) is 28.9 Å². The molecule has 0 N–H and O–H groups in total. The van der Waals surface area contributed by atoms with Crippen LogP contribution in [-0.4, -0.2) is 12.9 Å². The number of hydrogen-bond acceptors (Lipinski definition) is 3. The monoisotopic (exact) mass is 412 g/mol. The van der Waals surface area contributed by atoms with Gasteiger partial charge in [0.1, 0.15) is 23.1 Å². The Balaban J connectivity index is 1.81. The molecule has 0 bridgehead atoms. The molecule has 3 aromatic carbocycles. The topological polar surface area (TPSA) is 24.8 Å². The van der Waals surface area contributed by atoms with Crippen LogP contribution in [0, 0.1) is 30.2 Å². The minimum Gasteiger partial charge on any atom is -0.436 e. The van der Waals surface area contributed by atoms with Crippen molar-refractivity contribution in [3.05, 3.63) is 89.6 Å². The Morgan fingerprint density at radius 2 is 1.60 bits per heavy atom. The molecule has 0 saturated carbocycles. The first-order valence-corrected chi connectivity index (χ1v) is 9.06. The van der Waals surface area contributed by atoms with Gasteiger partial charge in [-0.3, -0.25) is 0 Å². The molecular formula is C23H16F4N2O. The molecule has 0 fully saturated rings. The number of anilines is 2. The van der Waals surface area contributed by atoms with E-state index < -0.39 is 29.0 Å². The first-order chi connectivity index (χ1) is 14.4. The van der Waals surface area contributed by atoms with Gasteiger partial charge in [-0.25, -0.2) is 22.6 Å². The van der Waals surface area contributed by atoms with E-state index >= 15 is 4.39 Å². The highest BCUT2D eigenvalue weighted by Crippen LogP contribution is 2.39. The fourth-order valence-corrected chi connectivity index (χ4v) is 3.38. The van der Waals surface area contributed by atoms with Gasteiger partial charge in [-0.15, -0.1) is 0 Å². The number of aliphatic imine (C=N–C) groups is 1. The smallest absolute Gasteiger partial charge is 0.220 e. The number of halogens is 4. The normalized spacial score (nSPS) is 12.4. The molecule has 0 saturated heterocycles. The highest BCUT2D eigenvalue weighted by molar-refractivity contribution is 5.94. The van der Waals surface area contributed by atoms with Gasteiger partial charge in [0.2, 0.25) is 5.90 Å². The van der Waals surface area contributed by atoms with Gasteiger partial charge < -0.3 is 9.64 Å². The first-order valence-electron chi connectivity index (χ1n) is 9.06. The van der Waals surface area contributed by atoms with Crippen molar-refractivity contribution < 1.29 is 22.3 Å². The van der Waals surface area contributed by atoms with Crippen molar-refractivity contribution in [1.82, 2.24) is 0 Å². The summed E-state index contributed by atoms with van der Waals surface area (Å²) in [5.41, 5.74) is 0.955. The molecule has 0 radical (unpaired) electrons. The standard InChI is InChI=1S/C23H16F4N2O/c1-13-16(14-4-3-5-15(24)12-14)6-7-17(25)22(13)29(2)23-18(26)8-9-19(21(23)27)30-20-10-11-28-20/h3-12H,1-2H3. The lowest BCUT2D eigenvalue weighted by Gasteiger charge is -2.25. The second-order valence-corrected chi connectivity index (χ2v) is 6.73. The lowest BCUT2D eigenvalue weighted by Crippen LogP contribution is -2.18. The van der Waals surface area contributed by atoms with E-state index in [0.717, 1.165) is 17.0 Å². The number of nitrogens with zero attached hydrogens (tertiary/aromatic N) is 2. The average Bonchev–Trinajstić information content (AvgIpc) is 2.66. The summed E-state index contributed by atoms with van der Waals surface area (Å²) in [5, 5.41) is 0. The molecule has 3 aromatic rings. The lowest BCUT2D eigenvalue weighted by molar-refractivity contribution is 0.483. The van der Waals surface area contributed by atoms with Crippen molar-refractivity contribution in [2.45, 2.75) is 6.92 Å². The van der Waals surface area contributed by atoms with Crippen LogP contribution in [0.2, 0.25) is 0 Å². The summed E-state index contributed by atoms with van der Waals surface area (Å²) in [6.07, 6.45) is 3.00. The maximum absolute atomic E-state index is 15.1. The van der Waals surface area contributed by atoms with E-state index in [9.17, 15) is 13.2 Å². The zero-order chi connectivity index (χ0) is 21.4. The van der Waals surface area contributed by atoms with E-state index in [4.69, 9.17) is 4.74 Å². The van der Waals surface area contributed by atoms with Crippen LogP contribution in [0.25, 0.3) is 11.1 Å². The van der Waals surface area contributed by atoms with Crippen LogP contribution >= 0.6 is 0 Å². The molecule has 152 valence electrons. The van der Waals surface area contributed by atoms with E-state index in [2.05, 4.69) is 4.99 Å². The SMILES string of the molecule is Cc1c(-c2cccc(F)c2)ccc(F)c1N(C)c1c(F)ccc(OC2=NC=C2)c1F. The quantitative estimate of drug-likeness (QED) is 0.471. The zero-order valence-corrected chi connectivity index (χ0v) is 16.1. The van der Waals surface area contributed by atoms with Crippen molar-refractivity contribution in [2.24, 2.45) is 4.99 Å². The molecule has 0 aromatic heterocycles. The second-order valence-electron chi connectivity index (χ2n) is 6.73. The zero-order valence-electron chi connectivity index (χ0n) is 16.1. The average molecular weight is 412 g/mol. The molecule has 1 heterocycles. The summed E-state index contributed by atoms with van der Waals surface area (Å²) >= 11 is 0. The van der Waals surface area contributed by atoms with Gasteiger partial charge >= 0.3 is 0 Å². The number of benzene rings is 3. The van der Waals surface area contributed by atoms with E-state index in [1.807, 2.05) is 0 Å². The summed E-state index contributed by atoms with van der Waals surface area (Å²) in [6, 6.07) is 10.7. The van der Waals surface area contributed by atoms with Crippen LogP contribution in [-0.2, 0) is 0 Å². The van der Waals surface area contributed by atoms with Gasteiger partial charge in [0, 0.05) is 19.3 Å². The van der Waals surface area contributed by atoms with Crippen molar-refractivity contribution in [2.75, 3.05) is 11.9 Å². The van der Waals surface area contributed by atoms with Gasteiger partial charge in [0.25, 0.3) is 0 Å². The maximum atomic E-state index is 15.1. The molecule has 0 unspecified atom stereocenters. The van der Waals surface area contributed by atoms with Crippen molar-refractivity contribution in [3.8, 4) is 16.9 Å². The molecule has 3 nitrogen and oxygen atoms in total. The van der Waals surface area contributed by atoms with Crippen LogP contribution in [0.15, 0.2) is 65.8 Å². The largest absolute Gasteiger partial charge is 0.436 e. The number of ether oxygens (including phenoxy) is 1. The molecule has 0 amide bonds. The van der Waals surface area contributed by atoms with Gasteiger partial charge in [0.15, 0.2) is 11.6 Å². The lowest BCUT2D eigenvalue weighted by atomic mass is 9.98. The third-order valence-corrected chi connectivity index (χ3v) is 4.85. The Morgan fingerprint density at radius 3 is 2.27 bits per heavy atom. The van der Waals surface area contributed by atoms with Gasteiger partial charge in [-0.2, -0.15) is 0 Å². The summed E-state index contributed by atoms with van der Waals surface area (Å²) in [7, 11) is 1.35. The van der Waals surface area contributed by atoms with Crippen molar-refractivity contribution in [1.29, 1.82) is 0 Å². The highest BCUT2D eigenvalue weighted by atomic mass is 19.1. The highest BCUT2D eigenvalue weighted by Gasteiger charge is 2.24. The summed E-state index contributed by atoms with van der Waals surface area (Å²) in [5.74, 6) is -3.04. The van der Waals surface area contributed by atoms with Crippen LogP contribution in [0.3, 0.4) is 0 Å². The van der Waals surface area contributed by atoms with E-state index in [1.54, 1.807) is 13.0 Å². The Hall–Kier alpha value is -3.61. The molecule has 0 atom stereocenters. The Morgan fingerprint density at radius 1 is 0.900 bits per heavy atom. The molecule has 1 aliphatic rings. The minimum absolute atomic E-state index is 0.0346. The first kappa shape index (κ1) is 19.7. The molecular weight excluding hydrogens is 396 g/mol. The maximum Gasteiger partial charge on any atom is 0.220 e. The van der Waals surface area contributed by atoms with E-state index in [1.165, 1.54) is 49.7 Å². The van der Waals surface area contributed by atoms with Crippen LogP contribution in [0.5, 0.6) is 5.75 Å². The van der Waals surface area contributed by atoms with E-state index in [-0.39, 0.29) is 17.3 Å².